The lowest BCUT2D eigenvalue weighted by Crippen LogP contribution is -1.77. The van der Waals surface area contributed by atoms with Gasteiger partial charge in [0.1, 0.15) is 0 Å². The molecule has 9 heavy (non-hydrogen) atoms. The topological polar surface area (TPSA) is 66.8 Å². The summed E-state index contributed by atoms with van der Waals surface area (Å²) in [6.07, 6.45) is -2.60. The van der Waals surface area contributed by atoms with Crippen molar-refractivity contribution in [2.45, 2.75) is 0 Å². The smallest absolute Gasteiger partial charge is 0.406 e. The van der Waals surface area contributed by atoms with Crippen LogP contribution in [0.2, 0.25) is 0 Å². The zero-order valence-electron chi connectivity index (χ0n) is 3.99. The van der Waals surface area contributed by atoms with E-state index in [1.165, 1.54) is 0 Å². The lowest BCUT2D eigenvalue weighted by atomic mass is 11.1. The Bertz CT molecular complexity index is 156. The van der Waals surface area contributed by atoms with Crippen molar-refractivity contribution in [3.63, 3.8) is 0 Å². The molecular formula is C2H3F2O4P. The van der Waals surface area contributed by atoms with Gasteiger partial charge in [0.25, 0.3) is 0 Å². The average molecular weight is 160 g/mol. The van der Waals surface area contributed by atoms with E-state index in [2.05, 4.69) is 4.52 Å². The Balaban J connectivity index is 3.79. The van der Waals surface area contributed by atoms with Crippen molar-refractivity contribution in [2.24, 2.45) is 0 Å². The first kappa shape index (κ1) is 8.55. The monoisotopic (exact) mass is 160 g/mol. The number of halogens is 2. The van der Waals surface area contributed by atoms with Gasteiger partial charge in [-0.2, -0.15) is 8.78 Å². The quantitative estimate of drug-likeness (QED) is 0.463. The van der Waals surface area contributed by atoms with Gasteiger partial charge in [0.05, 0.1) is 0 Å². The first-order chi connectivity index (χ1) is 3.92. The van der Waals surface area contributed by atoms with E-state index in [1.54, 1.807) is 0 Å². The van der Waals surface area contributed by atoms with E-state index in [-0.39, 0.29) is 6.26 Å². The Morgan fingerprint density at radius 3 is 2.11 bits per heavy atom. The van der Waals surface area contributed by atoms with Crippen molar-refractivity contribution in [2.75, 3.05) is 0 Å². The lowest BCUT2D eigenvalue weighted by Gasteiger charge is -1.97. The van der Waals surface area contributed by atoms with E-state index in [1.807, 2.05) is 0 Å². The highest BCUT2D eigenvalue weighted by atomic mass is 31.2. The van der Waals surface area contributed by atoms with Gasteiger partial charge >= 0.3 is 13.9 Å². The second-order valence-corrected chi connectivity index (χ2v) is 2.20. The van der Waals surface area contributed by atoms with Crippen LogP contribution in [-0.2, 0) is 9.09 Å². The number of hydrogen-bond donors (Lipinski definition) is 2. The molecule has 0 aliphatic heterocycles. The van der Waals surface area contributed by atoms with Crippen LogP contribution in [0.1, 0.15) is 0 Å². The van der Waals surface area contributed by atoms with Gasteiger partial charge in [-0.15, -0.1) is 0 Å². The molecule has 0 heterocycles. The summed E-state index contributed by atoms with van der Waals surface area (Å²) in [6.45, 7) is 0. The van der Waals surface area contributed by atoms with Gasteiger partial charge in [0.2, 0.25) is 0 Å². The summed E-state index contributed by atoms with van der Waals surface area (Å²) in [4.78, 5) is 15.6. The molecule has 7 heteroatoms. The van der Waals surface area contributed by atoms with E-state index in [9.17, 15) is 13.3 Å². The van der Waals surface area contributed by atoms with E-state index in [4.69, 9.17) is 9.79 Å². The van der Waals surface area contributed by atoms with Crippen molar-refractivity contribution in [3.05, 3.63) is 12.3 Å². The van der Waals surface area contributed by atoms with Gasteiger partial charge in [0, 0.05) is 0 Å². The Morgan fingerprint density at radius 1 is 1.56 bits per heavy atom. The zero-order valence-corrected chi connectivity index (χ0v) is 4.89. The molecule has 0 amide bonds. The van der Waals surface area contributed by atoms with Gasteiger partial charge in [-0.3, -0.25) is 9.79 Å². The fourth-order valence-corrected chi connectivity index (χ4v) is 0.325. The molecule has 0 rings (SSSR count). The molecule has 0 aromatic carbocycles. The Hall–Kier alpha value is -0.450. The summed E-state index contributed by atoms with van der Waals surface area (Å²) >= 11 is 0. The molecule has 0 spiro atoms. The van der Waals surface area contributed by atoms with Crippen LogP contribution in [0.15, 0.2) is 12.3 Å². The first-order valence-corrected chi connectivity index (χ1v) is 3.20. The highest BCUT2D eigenvalue weighted by molar-refractivity contribution is 7.46. The van der Waals surface area contributed by atoms with Crippen LogP contribution in [0.25, 0.3) is 0 Å². The maximum absolute atomic E-state index is 11.0. The second-order valence-electron chi connectivity index (χ2n) is 1.00. The van der Waals surface area contributed by atoms with Crippen LogP contribution in [0.4, 0.5) is 8.78 Å². The standard InChI is InChI=1S/C2H3F2O4P/c3-2(4)1-8-9(5,6)7/h1H,(H2,5,6,7). The maximum atomic E-state index is 11.0. The maximum Gasteiger partial charge on any atom is 0.524 e. The van der Waals surface area contributed by atoms with Gasteiger partial charge in [-0.1, -0.05) is 0 Å². The molecule has 0 saturated heterocycles. The number of phosphoric acid groups is 1. The molecule has 54 valence electrons. The number of phosphoric ester groups is 1. The van der Waals surface area contributed by atoms with E-state index in [0.717, 1.165) is 0 Å². The summed E-state index contributed by atoms with van der Waals surface area (Å²) in [7, 11) is -4.78. The number of hydrogen-bond acceptors (Lipinski definition) is 2. The van der Waals surface area contributed by atoms with Gasteiger partial charge in [-0.25, -0.2) is 4.57 Å². The van der Waals surface area contributed by atoms with E-state index in [0.29, 0.717) is 0 Å². The van der Waals surface area contributed by atoms with Crippen LogP contribution in [-0.4, -0.2) is 9.79 Å². The molecule has 0 saturated carbocycles. The zero-order chi connectivity index (χ0) is 7.49. The van der Waals surface area contributed by atoms with Crippen LogP contribution in [0.3, 0.4) is 0 Å². The van der Waals surface area contributed by atoms with Crippen molar-refractivity contribution in [1.82, 2.24) is 0 Å². The summed E-state index contributed by atoms with van der Waals surface area (Å²) in [5, 5.41) is 0. The molecule has 2 N–H and O–H groups in total. The third-order valence-electron chi connectivity index (χ3n) is 0.279. The SMILES string of the molecule is O=P(O)(O)OC=C(F)F. The second kappa shape index (κ2) is 2.91. The fourth-order valence-electron chi connectivity index (χ4n) is 0.108. The molecule has 0 atom stereocenters. The minimum atomic E-state index is -4.78. The molecule has 0 aromatic rings. The fraction of sp³-hybridized carbons (Fsp3) is 0. The minimum Gasteiger partial charge on any atom is -0.406 e. The predicted molar refractivity (Wildman–Crippen MR) is 23.4 cm³/mol. The largest absolute Gasteiger partial charge is 0.524 e. The molecule has 0 aromatic heterocycles. The Kier molecular flexibility index (Phi) is 2.76. The van der Waals surface area contributed by atoms with Gasteiger partial charge in [0.15, 0.2) is 6.26 Å². The van der Waals surface area contributed by atoms with Crippen molar-refractivity contribution < 1.29 is 27.7 Å². The third kappa shape index (κ3) is 7.55. The summed E-state index contributed by atoms with van der Waals surface area (Å²) in [5.74, 6) is 0. The lowest BCUT2D eigenvalue weighted by molar-refractivity contribution is 0.246. The molecule has 0 radical (unpaired) electrons. The van der Waals surface area contributed by atoms with Crippen LogP contribution >= 0.6 is 7.82 Å². The minimum absolute atomic E-state index is 0.305. The highest BCUT2D eigenvalue weighted by Gasteiger charge is 2.12. The molecule has 0 aliphatic carbocycles. The third-order valence-corrected chi connectivity index (χ3v) is 0.659. The van der Waals surface area contributed by atoms with Crippen LogP contribution in [0.5, 0.6) is 0 Å². The molecule has 4 nitrogen and oxygen atoms in total. The Morgan fingerprint density at radius 2 is 2.00 bits per heavy atom. The van der Waals surface area contributed by atoms with Crippen molar-refractivity contribution in [1.29, 1.82) is 0 Å². The molecule has 0 unspecified atom stereocenters. The average Bonchev–Trinajstić information content (AvgIpc) is 1.59. The van der Waals surface area contributed by atoms with Crippen molar-refractivity contribution >= 4 is 7.82 Å². The van der Waals surface area contributed by atoms with Crippen LogP contribution < -0.4 is 0 Å². The normalized spacial score (nSPS) is 10.7. The van der Waals surface area contributed by atoms with Gasteiger partial charge in [-0.05, 0) is 0 Å². The van der Waals surface area contributed by atoms with Crippen LogP contribution in [0, 0.1) is 0 Å². The first-order valence-electron chi connectivity index (χ1n) is 1.67. The predicted octanol–water partition coefficient (Wildman–Crippen LogP) is 0.834. The summed E-state index contributed by atoms with van der Waals surface area (Å²) < 4.78 is 34.8. The Labute approximate surface area is 49.0 Å². The molecule has 0 bridgehead atoms. The van der Waals surface area contributed by atoms with Gasteiger partial charge < -0.3 is 4.52 Å². The highest BCUT2D eigenvalue weighted by Crippen LogP contribution is 2.36. The summed E-state index contributed by atoms with van der Waals surface area (Å²) in [5.41, 5.74) is 0. The summed E-state index contributed by atoms with van der Waals surface area (Å²) in [6, 6.07) is 0. The van der Waals surface area contributed by atoms with Crippen molar-refractivity contribution in [3.8, 4) is 0 Å². The molecule has 0 aliphatic rings. The number of rotatable bonds is 2. The van der Waals surface area contributed by atoms with E-state index >= 15 is 0 Å². The molecular weight excluding hydrogens is 157 g/mol. The van der Waals surface area contributed by atoms with E-state index < -0.39 is 13.9 Å². The molecule has 0 fully saturated rings.